The molecule has 2 heteroatoms. The molecule has 1 heterocycles. The minimum Gasteiger partial charge on any atom is -0.310 e. The third-order valence-electron chi connectivity index (χ3n) is 11.1. The average Bonchev–Trinajstić information content (AvgIpc) is 3.71. The first-order valence-corrected chi connectivity index (χ1v) is 19.2. The van der Waals surface area contributed by atoms with Gasteiger partial charge in [-0.25, -0.2) is 0 Å². The van der Waals surface area contributed by atoms with Crippen LogP contribution in [0.1, 0.15) is 25.0 Å². The molecular weight excluding hydrogens is 659 g/mol. The second-order valence-corrected chi connectivity index (χ2v) is 15.6. The summed E-state index contributed by atoms with van der Waals surface area (Å²) in [5.74, 6) is 0. The molecule has 0 aliphatic heterocycles. The van der Waals surface area contributed by atoms with E-state index in [4.69, 9.17) is 0 Å². The van der Waals surface area contributed by atoms with Crippen molar-refractivity contribution < 1.29 is 0 Å². The number of hydrogen-bond donors (Lipinski definition) is 0. The smallest absolute Gasteiger partial charge is 0.0540 e. The molecule has 0 N–H and O–H groups in total. The zero-order valence-electron chi connectivity index (χ0n) is 29.8. The molecule has 0 fully saturated rings. The van der Waals surface area contributed by atoms with E-state index >= 15 is 0 Å². The number of nitrogens with zero attached hydrogens (tertiary/aromatic N) is 1. The molecule has 9 aromatic rings. The zero-order chi connectivity index (χ0) is 35.5. The molecule has 1 aromatic heterocycles. The molecule has 1 aliphatic rings. The molecule has 0 unspecified atom stereocenters. The molecule has 0 bridgehead atoms. The van der Waals surface area contributed by atoms with Gasteiger partial charge in [-0.1, -0.05) is 159 Å². The van der Waals surface area contributed by atoms with Gasteiger partial charge in [0.1, 0.15) is 0 Å². The summed E-state index contributed by atoms with van der Waals surface area (Å²) in [6.07, 6.45) is 0. The largest absolute Gasteiger partial charge is 0.310 e. The Balaban J connectivity index is 1.13. The summed E-state index contributed by atoms with van der Waals surface area (Å²) in [4.78, 5) is 2.46. The molecule has 8 aromatic carbocycles. The van der Waals surface area contributed by atoms with Gasteiger partial charge in [-0.2, -0.15) is 0 Å². The van der Waals surface area contributed by atoms with Crippen molar-refractivity contribution in [3.8, 4) is 44.5 Å². The Labute approximate surface area is 315 Å². The van der Waals surface area contributed by atoms with Crippen LogP contribution in [0.5, 0.6) is 0 Å². The Hall–Kier alpha value is -6.22. The van der Waals surface area contributed by atoms with E-state index < -0.39 is 0 Å². The number of para-hydroxylation sites is 1. The molecule has 0 spiro atoms. The fraction of sp³-hybridized carbons (Fsp3) is 0.0588. The van der Waals surface area contributed by atoms with E-state index in [1.807, 2.05) is 11.3 Å². The number of rotatable bonds is 6. The summed E-state index contributed by atoms with van der Waals surface area (Å²) < 4.78 is 2.63. The maximum Gasteiger partial charge on any atom is 0.0540 e. The molecule has 1 aliphatic carbocycles. The lowest BCUT2D eigenvalue weighted by Gasteiger charge is -2.30. The predicted octanol–water partition coefficient (Wildman–Crippen LogP) is 14.8. The van der Waals surface area contributed by atoms with Crippen molar-refractivity contribution in [3.63, 3.8) is 0 Å². The van der Waals surface area contributed by atoms with Crippen molar-refractivity contribution in [1.29, 1.82) is 0 Å². The van der Waals surface area contributed by atoms with Gasteiger partial charge in [0.25, 0.3) is 0 Å². The van der Waals surface area contributed by atoms with Crippen LogP contribution < -0.4 is 4.90 Å². The predicted molar refractivity (Wildman–Crippen MR) is 228 cm³/mol. The number of fused-ring (bicyclic) bond motifs is 6. The third kappa shape index (κ3) is 5.21. The van der Waals surface area contributed by atoms with Gasteiger partial charge in [0.05, 0.1) is 5.69 Å². The first kappa shape index (κ1) is 31.5. The van der Waals surface area contributed by atoms with Crippen LogP contribution in [0, 0.1) is 0 Å². The highest BCUT2D eigenvalue weighted by Gasteiger charge is 2.36. The van der Waals surface area contributed by atoms with Gasteiger partial charge >= 0.3 is 0 Å². The van der Waals surface area contributed by atoms with Crippen LogP contribution in [-0.2, 0) is 5.41 Å². The van der Waals surface area contributed by atoms with Crippen molar-refractivity contribution in [2.24, 2.45) is 0 Å². The summed E-state index contributed by atoms with van der Waals surface area (Å²) in [7, 11) is 0. The molecule has 53 heavy (non-hydrogen) atoms. The van der Waals surface area contributed by atoms with Gasteiger partial charge in [-0.05, 0) is 92.5 Å². The molecular formula is C51H37NS. The molecule has 0 atom stereocenters. The average molecular weight is 696 g/mol. The maximum absolute atomic E-state index is 2.46. The summed E-state index contributed by atoms with van der Waals surface area (Å²) in [5, 5.41) is 2.63. The number of thiophene rings is 1. The van der Waals surface area contributed by atoms with E-state index in [1.54, 1.807) is 0 Å². The maximum atomic E-state index is 2.46. The first-order valence-electron chi connectivity index (χ1n) is 18.3. The monoisotopic (exact) mass is 695 g/mol. The van der Waals surface area contributed by atoms with E-state index in [0.29, 0.717) is 0 Å². The van der Waals surface area contributed by atoms with Crippen LogP contribution in [0.3, 0.4) is 0 Å². The van der Waals surface area contributed by atoms with Gasteiger partial charge in [-0.15, -0.1) is 11.3 Å². The van der Waals surface area contributed by atoms with Gasteiger partial charge in [0, 0.05) is 42.5 Å². The third-order valence-corrected chi connectivity index (χ3v) is 12.2. The lowest BCUT2D eigenvalue weighted by molar-refractivity contribution is 0.660. The quantitative estimate of drug-likeness (QED) is 0.167. The Kier molecular flexibility index (Phi) is 7.42. The molecule has 0 saturated carbocycles. The summed E-state index contributed by atoms with van der Waals surface area (Å²) in [6.45, 7) is 4.72. The summed E-state index contributed by atoms with van der Waals surface area (Å²) >= 11 is 1.87. The van der Waals surface area contributed by atoms with Gasteiger partial charge in [0.2, 0.25) is 0 Å². The summed E-state index contributed by atoms with van der Waals surface area (Å²) in [5.41, 5.74) is 16.1. The van der Waals surface area contributed by atoms with Crippen LogP contribution in [0.4, 0.5) is 17.1 Å². The van der Waals surface area contributed by atoms with Crippen LogP contribution in [0.2, 0.25) is 0 Å². The Morgan fingerprint density at radius 2 is 0.943 bits per heavy atom. The van der Waals surface area contributed by atoms with Crippen LogP contribution in [0.25, 0.3) is 64.7 Å². The minimum atomic E-state index is -0.107. The number of benzene rings is 8. The minimum absolute atomic E-state index is 0.107. The van der Waals surface area contributed by atoms with Gasteiger partial charge in [-0.3, -0.25) is 0 Å². The molecule has 1 nitrogen and oxygen atoms in total. The normalized spacial score (nSPS) is 12.9. The SMILES string of the molecule is CC1(C)c2ccccc2-c2ccc(N(c3ccc(-c4ccc(-c5ccccc5)cc4)cc3)c3ccccc3-c3cccc4sc5ccccc5c34)cc21. The Bertz CT molecular complexity index is 2790. The zero-order valence-corrected chi connectivity index (χ0v) is 30.6. The van der Waals surface area contributed by atoms with Crippen LogP contribution in [-0.4, -0.2) is 0 Å². The van der Waals surface area contributed by atoms with Crippen LogP contribution in [0.15, 0.2) is 188 Å². The highest BCUT2D eigenvalue weighted by molar-refractivity contribution is 7.25. The fourth-order valence-corrected chi connectivity index (χ4v) is 9.57. The first-order chi connectivity index (χ1) is 26.0. The van der Waals surface area contributed by atoms with E-state index in [-0.39, 0.29) is 5.41 Å². The number of anilines is 3. The Morgan fingerprint density at radius 1 is 0.396 bits per heavy atom. The number of hydrogen-bond acceptors (Lipinski definition) is 2. The Morgan fingerprint density at radius 3 is 1.72 bits per heavy atom. The molecule has 252 valence electrons. The summed E-state index contributed by atoms with van der Waals surface area (Å²) in [6, 6.07) is 69.0. The molecule has 0 radical (unpaired) electrons. The second kappa shape index (κ2) is 12.5. The van der Waals surface area contributed by atoms with E-state index in [1.165, 1.54) is 75.8 Å². The topological polar surface area (TPSA) is 3.24 Å². The van der Waals surface area contributed by atoms with Crippen molar-refractivity contribution in [1.82, 2.24) is 0 Å². The highest BCUT2D eigenvalue weighted by atomic mass is 32.1. The highest BCUT2D eigenvalue weighted by Crippen LogP contribution is 2.52. The molecule has 0 saturated heterocycles. The fourth-order valence-electron chi connectivity index (χ4n) is 8.44. The standard InChI is InChI=1S/C51H37NS/c1-51(2)45-19-9-6-15-40(45)41-32-31-39(33-46(41)51)52(38-29-27-37(28-30-38)36-25-23-35(24-26-36)34-13-4-3-5-14-34)47-20-10-7-16-42(47)43-18-12-22-49-50(43)44-17-8-11-21-48(44)53-49/h3-33H,1-2H3. The van der Waals surface area contributed by atoms with Gasteiger partial charge in [0.15, 0.2) is 0 Å². The van der Waals surface area contributed by atoms with E-state index in [0.717, 1.165) is 17.1 Å². The molecule has 10 rings (SSSR count). The van der Waals surface area contributed by atoms with E-state index in [9.17, 15) is 0 Å². The lowest BCUT2D eigenvalue weighted by Crippen LogP contribution is -2.16. The van der Waals surface area contributed by atoms with Crippen molar-refractivity contribution in [3.05, 3.63) is 199 Å². The second-order valence-electron chi connectivity index (χ2n) is 14.5. The molecule has 0 amide bonds. The lowest BCUT2D eigenvalue weighted by atomic mass is 9.82. The van der Waals surface area contributed by atoms with Crippen molar-refractivity contribution in [2.45, 2.75) is 19.3 Å². The van der Waals surface area contributed by atoms with Gasteiger partial charge < -0.3 is 4.90 Å². The van der Waals surface area contributed by atoms with Crippen molar-refractivity contribution >= 4 is 48.6 Å². The van der Waals surface area contributed by atoms with Crippen molar-refractivity contribution in [2.75, 3.05) is 4.90 Å². The van der Waals surface area contributed by atoms with Crippen LogP contribution >= 0.6 is 11.3 Å². The van der Waals surface area contributed by atoms with E-state index in [2.05, 4.69) is 207 Å².